The van der Waals surface area contributed by atoms with Gasteiger partial charge in [-0.25, -0.2) is 0 Å². The van der Waals surface area contributed by atoms with Gasteiger partial charge in [0.25, 0.3) is 0 Å². The first-order valence-electron chi connectivity index (χ1n) is 7.86. The third-order valence-electron chi connectivity index (χ3n) is 4.97. The van der Waals surface area contributed by atoms with Crippen LogP contribution in [0.3, 0.4) is 0 Å². The molecule has 2 aliphatic rings. The zero-order chi connectivity index (χ0) is 13.9. The Morgan fingerprint density at radius 3 is 2.75 bits per heavy atom. The maximum absolute atomic E-state index is 5.70. The number of nitrogens with one attached hydrogen (secondary N) is 1. The van der Waals surface area contributed by atoms with Crippen LogP contribution in [0.4, 0.5) is 0 Å². The average molecular weight is 274 g/mol. The molecule has 0 radical (unpaired) electrons. The van der Waals surface area contributed by atoms with Crippen LogP contribution in [0, 0.1) is 0 Å². The van der Waals surface area contributed by atoms with Crippen molar-refractivity contribution in [3.05, 3.63) is 35.9 Å². The van der Waals surface area contributed by atoms with Gasteiger partial charge in [-0.1, -0.05) is 30.3 Å². The molecular formula is C17H26N2O. The molecule has 0 spiro atoms. The van der Waals surface area contributed by atoms with Gasteiger partial charge in [-0.05, 0) is 31.7 Å². The normalized spacial score (nSPS) is 35.3. The van der Waals surface area contributed by atoms with Crippen LogP contribution in [0.25, 0.3) is 0 Å². The van der Waals surface area contributed by atoms with Gasteiger partial charge in [0.1, 0.15) is 0 Å². The van der Waals surface area contributed by atoms with E-state index in [0.29, 0.717) is 24.2 Å². The van der Waals surface area contributed by atoms with Gasteiger partial charge < -0.3 is 10.1 Å². The van der Waals surface area contributed by atoms with Crippen LogP contribution in [-0.2, 0) is 4.74 Å². The number of nitrogens with zero attached hydrogens (tertiary/aromatic N) is 1. The average Bonchev–Trinajstić information content (AvgIpc) is 2.97. The Balaban J connectivity index is 1.73. The summed E-state index contributed by atoms with van der Waals surface area (Å²) < 4.78 is 5.70. The Morgan fingerprint density at radius 2 is 2.00 bits per heavy atom. The second-order valence-electron chi connectivity index (χ2n) is 6.19. The number of methoxy groups -OCH3 is 1. The van der Waals surface area contributed by atoms with Crippen molar-refractivity contribution in [2.24, 2.45) is 0 Å². The van der Waals surface area contributed by atoms with Crippen molar-refractivity contribution in [2.45, 2.75) is 50.4 Å². The second-order valence-corrected chi connectivity index (χ2v) is 6.19. The van der Waals surface area contributed by atoms with Crippen LogP contribution >= 0.6 is 0 Å². The van der Waals surface area contributed by atoms with Crippen molar-refractivity contribution in [2.75, 3.05) is 20.2 Å². The van der Waals surface area contributed by atoms with Crippen molar-refractivity contribution >= 4 is 0 Å². The summed E-state index contributed by atoms with van der Waals surface area (Å²) in [4.78, 5) is 2.68. The largest absolute Gasteiger partial charge is 0.380 e. The van der Waals surface area contributed by atoms with Gasteiger partial charge in [-0.3, -0.25) is 4.90 Å². The Labute approximate surface area is 122 Å². The summed E-state index contributed by atoms with van der Waals surface area (Å²) in [6, 6.07) is 12.5. The topological polar surface area (TPSA) is 24.5 Å². The highest BCUT2D eigenvalue weighted by molar-refractivity contribution is 5.20. The molecule has 0 amide bonds. The highest BCUT2D eigenvalue weighted by atomic mass is 16.5. The third kappa shape index (κ3) is 2.76. The smallest absolute Gasteiger partial charge is 0.0726 e. The van der Waals surface area contributed by atoms with E-state index in [1.165, 1.54) is 24.8 Å². The minimum absolute atomic E-state index is 0.423. The molecule has 4 atom stereocenters. The molecule has 3 rings (SSSR count). The molecule has 4 unspecified atom stereocenters. The first kappa shape index (κ1) is 14.1. The molecule has 2 fully saturated rings. The predicted octanol–water partition coefficient (Wildman–Crippen LogP) is 2.59. The minimum Gasteiger partial charge on any atom is -0.380 e. The van der Waals surface area contributed by atoms with E-state index in [0.717, 1.165) is 13.1 Å². The number of rotatable bonds is 3. The third-order valence-corrected chi connectivity index (χ3v) is 4.97. The summed E-state index contributed by atoms with van der Waals surface area (Å²) in [5, 5.41) is 3.69. The van der Waals surface area contributed by atoms with E-state index in [4.69, 9.17) is 4.74 Å². The highest BCUT2D eigenvalue weighted by Crippen LogP contribution is 2.31. The molecule has 1 saturated carbocycles. The quantitative estimate of drug-likeness (QED) is 0.917. The van der Waals surface area contributed by atoms with Crippen LogP contribution < -0.4 is 5.32 Å². The summed E-state index contributed by atoms with van der Waals surface area (Å²) in [7, 11) is 1.87. The van der Waals surface area contributed by atoms with E-state index in [9.17, 15) is 0 Å². The van der Waals surface area contributed by atoms with Gasteiger partial charge in [-0.2, -0.15) is 0 Å². The van der Waals surface area contributed by atoms with Crippen LogP contribution in [0.15, 0.2) is 30.3 Å². The van der Waals surface area contributed by atoms with Gasteiger partial charge in [0.2, 0.25) is 0 Å². The molecule has 1 saturated heterocycles. The molecule has 3 nitrogen and oxygen atoms in total. The van der Waals surface area contributed by atoms with Crippen molar-refractivity contribution in [1.82, 2.24) is 10.2 Å². The van der Waals surface area contributed by atoms with Crippen molar-refractivity contribution in [3.8, 4) is 0 Å². The number of piperazine rings is 1. The Bertz CT molecular complexity index is 422. The fourth-order valence-corrected chi connectivity index (χ4v) is 3.82. The molecular weight excluding hydrogens is 248 g/mol. The van der Waals surface area contributed by atoms with Crippen LogP contribution in [0.1, 0.15) is 37.8 Å². The SMILES string of the molecule is COC1CCCC1N1CC(c2ccccc2)NCC1C. The van der Waals surface area contributed by atoms with Gasteiger partial charge >= 0.3 is 0 Å². The molecule has 20 heavy (non-hydrogen) atoms. The maximum Gasteiger partial charge on any atom is 0.0726 e. The number of ether oxygens (including phenoxy) is 1. The lowest BCUT2D eigenvalue weighted by molar-refractivity contribution is 0.000412. The van der Waals surface area contributed by atoms with E-state index in [1.54, 1.807) is 0 Å². The summed E-state index contributed by atoms with van der Waals surface area (Å²) in [6.07, 6.45) is 4.22. The van der Waals surface area contributed by atoms with Crippen LogP contribution in [-0.4, -0.2) is 43.3 Å². The number of benzene rings is 1. The molecule has 1 N–H and O–H groups in total. The Hall–Kier alpha value is -0.900. The van der Waals surface area contributed by atoms with Gasteiger partial charge in [-0.15, -0.1) is 0 Å². The molecule has 1 aromatic carbocycles. The maximum atomic E-state index is 5.70. The monoisotopic (exact) mass is 274 g/mol. The first-order valence-corrected chi connectivity index (χ1v) is 7.86. The standard InChI is InChI=1S/C17H26N2O/c1-13-11-18-15(14-7-4-3-5-8-14)12-19(13)16-9-6-10-17(16)20-2/h3-5,7-8,13,15-18H,6,9-12H2,1-2H3. The minimum atomic E-state index is 0.423. The number of hydrogen-bond donors (Lipinski definition) is 1. The van der Waals surface area contributed by atoms with E-state index >= 15 is 0 Å². The molecule has 3 heteroatoms. The van der Waals surface area contributed by atoms with Crippen LogP contribution in [0.5, 0.6) is 0 Å². The molecule has 1 aromatic rings. The lowest BCUT2D eigenvalue weighted by atomic mass is 9.99. The lowest BCUT2D eigenvalue weighted by Gasteiger charge is -2.44. The Kier molecular flexibility index (Phi) is 4.39. The zero-order valence-electron chi connectivity index (χ0n) is 12.6. The molecule has 110 valence electrons. The molecule has 1 heterocycles. The number of hydrogen-bond acceptors (Lipinski definition) is 3. The summed E-state index contributed by atoms with van der Waals surface area (Å²) in [5.41, 5.74) is 1.40. The van der Waals surface area contributed by atoms with Crippen molar-refractivity contribution < 1.29 is 4.74 Å². The van der Waals surface area contributed by atoms with E-state index < -0.39 is 0 Å². The molecule has 1 aliphatic carbocycles. The molecule has 1 aliphatic heterocycles. The van der Waals surface area contributed by atoms with Gasteiger partial charge in [0, 0.05) is 38.3 Å². The van der Waals surface area contributed by atoms with E-state index in [-0.39, 0.29) is 0 Å². The summed E-state index contributed by atoms with van der Waals surface area (Å²) in [5.74, 6) is 0. The van der Waals surface area contributed by atoms with Gasteiger partial charge in [0.05, 0.1) is 6.10 Å². The van der Waals surface area contributed by atoms with E-state index in [1.807, 2.05) is 7.11 Å². The fourth-order valence-electron chi connectivity index (χ4n) is 3.82. The second kappa shape index (κ2) is 6.25. The van der Waals surface area contributed by atoms with Gasteiger partial charge in [0.15, 0.2) is 0 Å². The predicted molar refractivity (Wildman–Crippen MR) is 81.8 cm³/mol. The fraction of sp³-hybridized carbons (Fsp3) is 0.647. The van der Waals surface area contributed by atoms with E-state index in [2.05, 4.69) is 47.5 Å². The molecule has 0 bridgehead atoms. The van der Waals surface area contributed by atoms with Crippen molar-refractivity contribution in [1.29, 1.82) is 0 Å². The first-order chi connectivity index (χ1) is 9.79. The van der Waals surface area contributed by atoms with Crippen LogP contribution in [0.2, 0.25) is 0 Å². The zero-order valence-corrected chi connectivity index (χ0v) is 12.6. The summed E-state index contributed by atoms with van der Waals surface area (Å²) in [6.45, 7) is 4.49. The summed E-state index contributed by atoms with van der Waals surface area (Å²) >= 11 is 0. The highest BCUT2D eigenvalue weighted by Gasteiger charge is 2.37. The lowest BCUT2D eigenvalue weighted by Crippen LogP contribution is -2.57. The van der Waals surface area contributed by atoms with Crippen molar-refractivity contribution in [3.63, 3.8) is 0 Å². The Morgan fingerprint density at radius 1 is 1.20 bits per heavy atom. The molecule has 0 aromatic heterocycles.